The molecule has 1 saturated carbocycles. The molecule has 0 spiro atoms. The van der Waals surface area contributed by atoms with Gasteiger partial charge in [-0.3, -0.25) is 15.4 Å². The first-order chi connectivity index (χ1) is 15.0. The van der Waals surface area contributed by atoms with Crippen molar-refractivity contribution in [2.75, 3.05) is 31.5 Å². The molecule has 0 radical (unpaired) electrons. The molecular weight excluding hydrogens is 401 g/mol. The Morgan fingerprint density at radius 2 is 1.77 bits per heavy atom. The van der Waals surface area contributed by atoms with Crippen LogP contribution in [0.15, 0.2) is 36.4 Å². The molecule has 31 heavy (non-hydrogen) atoms. The Kier molecular flexibility index (Phi) is 5.05. The summed E-state index contributed by atoms with van der Waals surface area (Å²) in [5, 5.41) is 14.1. The van der Waals surface area contributed by atoms with E-state index in [9.17, 15) is 19.3 Å². The number of nitrogens with one attached hydrogen (secondary N) is 1. The molecule has 2 unspecified atom stereocenters. The van der Waals surface area contributed by atoms with Gasteiger partial charge < -0.3 is 9.80 Å². The Bertz CT molecular complexity index is 997. The number of carbonyl (C=O) groups is 1. The van der Waals surface area contributed by atoms with Gasteiger partial charge in [-0.25, -0.2) is 14.2 Å². The molecule has 2 atom stereocenters. The predicted octanol–water partition coefficient (Wildman–Crippen LogP) is 3.74. The van der Waals surface area contributed by atoms with Crippen molar-refractivity contribution < 1.29 is 14.1 Å². The molecule has 162 valence electrons. The number of hydrogen-bond donors (Lipinski definition) is 1. The molecule has 0 bridgehead atoms. The van der Waals surface area contributed by atoms with Crippen molar-refractivity contribution in [1.29, 1.82) is 0 Å². The fraction of sp³-hybridized carbons (Fsp3) is 0.455. The molecule has 3 aliphatic rings. The molecule has 3 heterocycles. The molecule has 2 aliphatic heterocycles. The summed E-state index contributed by atoms with van der Waals surface area (Å²) in [6.45, 7) is 3.72. The summed E-state index contributed by atoms with van der Waals surface area (Å²) in [5.74, 6) is 0.511. The number of pyridine rings is 1. The normalized spacial score (nSPS) is 25.2. The number of amides is 2. The Morgan fingerprint density at radius 1 is 1.10 bits per heavy atom. The van der Waals surface area contributed by atoms with E-state index < -0.39 is 4.92 Å². The first-order valence-corrected chi connectivity index (χ1v) is 10.7. The van der Waals surface area contributed by atoms with Crippen LogP contribution in [0.2, 0.25) is 0 Å². The highest BCUT2D eigenvalue weighted by Crippen LogP contribution is 2.41. The second kappa shape index (κ2) is 7.88. The third kappa shape index (κ3) is 3.85. The number of urea groups is 1. The van der Waals surface area contributed by atoms with E-state index in [1.165, 1.54) is 43.8 Å². The lowest BCUT2D eigenvalue weighted by Crippen LogP contribution is -2.45. The molecular formula is C22H24FN5O3. The van der Waals surface area contributed by atoms with E-state index >= 15 is 0 Å². The third-order valence-corrected chi connectivity index (χ3v) is 6.86. The number of benzene rings is 1. The average Bonchev–Trinajstić information content (AvgIpc) is 3.26. The van der Waals surface area contributed by atoms with Gasteiger partial charge in [-0.15, -0.1) is 0 Å². The van der Waals surface area contributed by atoms with Crippen LogP contribution in [0.5, 0.6) is 0 Å². The van der Waals surface area contributed by atoms with Crippen molar-refractivity contribution >= 4 is 17.5 Å². The minimum absolute atomic E-state index is 0.0904. The van der Waals surface area contributed by atoms with Gasteiger partial charge in [-0.2, -0.15) is 0 Å². The van der Waals surface area contributed by atoms with Crippen LogP contribution in [0, 0.1) is 27.8 Å². The lowest BCUT2D eigenvalue weighted by atomic mass is 10.0. The van der Waals surface area contributed by atoms with Crippen molar-refractivity contribution in [3.8, 4) is 11.3 Å². The van der Waals surface area contributed by atoms with Crippen LogP contribution in [-0.2, 0) is 0 Å². The summed E-state index contributed by atoms with van der Waals surface area (Å²) in [6, 6.07) is 8.79. The maximum atomic E-state index is 13.2. The van der Waals surface area contributed by atoms with E-state index in [0.717, 1.165) is 12.8 Å². The van der Waals surface area contributed by atoms with Crippen LogP contribution in [0.25, 0.3) is 11.3 Å². The molecule has 1 aromatic carbocycles. The molecule has 1 N–H and O–H groups in total. The molecule has 2 aromatic rings. The lowest BCUT2D eigenvalue weighted by Gasteiger charge is -2.37. The molecule has 8 nitrogen and oxygen atoms in total. The molecule has 1 aromatic heterocycles. The van der Waals surface area contributed by atoms with Crippen molar-refractivity contribution in [2.24, 2.45) is 11.8 Å². The summed E-state index contributed by atoms with van der Waals surface area (Å²) in [4.78, 5) is 32.4. The number of halogens is 1. The minimum Gasteiger partial charge on any atom is -0.324 e. The van der Waals surface area contributed by atoms with Crippen molar-refractivity contribution in [1.82, 2.24) is 14.8 Å². The zero-order valence-electron chi connectivity index (χ0n) is 17.0. The third-order valence-electron chi connectivity index (χ3n) is 6.86. The number of carbonyl (C=O) groups excluding carboxylic acids is 1. The van der Waals surface area contributed by atoms with E-state index in [2.05, 4.69) is 15.2 Å². The monoisotopic (exact) mass is 425 g/mol. The fourth-order valence-corrected chi connectivity index (χ4v) is 5.09. The molecule has 2 amide bonds. The summed E-state index contributed by atoms with van der Waals surface area (Å²) in [6.07, 6.45) is 3.52. The van der Waals surface area contributed by atoms with E-state index in [1.54, 1.807) is 17.0 Å². The van der Waals surface area contributed by atoms with Gasteiger partial charge in [-0.1, -0.05) is 0 Å². The number of likely N-dealkylation sites (tertiary alicyclic amines) is 2. The number of rotatable bonds is 4. The Morgan fingerprint density at radius 3 is 2.35 bits per heavy atom. The lowest BCUT2D eigenvalue weighted by molar-refractivity contribution is -0.384. The number of anilines is 1. The SMILES string of the molecule is O=C(Nc1nc(-c2ccc(F)cc2)ccc1[N+](=O)[O-])N1CC2CC(N3CCC3)CC2C1. The maximum absolute atomic E-state index is 13.2. The average molecular weight is 425 g/mol. The van der Waals surface area contributed by atoms with E-state index in [1.807, 2.05) is 0 Å². The smallest absolute Gasteiger partial charge is 0.323 e. The van der Waals surface area contributed by atoms with Crippen LogP contribution >= 0.6 is 0 Å². The van der Waals surface area contributed by atoms with Crippen molar-refractivity contribution in [3.63, 3.8) is 0 Å². The molecule has 9 heteroatoms. The number of nitrogens with zero attached hydrogens (tertiary/aromatic N) is 4. The van der Waals surface area contributed by atoms with E-state index in [4.69, 9.17) is 0 Å². The topological polar surface area (TPSA) is 91.6 Å². The number of fused-ring (bicyclic) bond motifs is 1. The van der Waals surface area contributed by atoms with Crippen molar-refractivity contribution in [2.45, 2.75) is 25.3 Å². The van der Waals surface area contributed by atoms with Crippen LogP contribution in [-0.4, -0.2) is 58.0 Å². The zero-order chi connectivity index (χ0) is 21.5. The standard InChI is InChI=1S/C22H24FN5O3/c23-17-4-2-14(3-5-17)19-6-7-20(28(30)31)21(24-19)25-22(29)27-12-15-10-18(11-16(15)13-27)26-8-1-9-26/h2-7,15-16,18H,1,8-13H2,(H,24,25,29). The highest BCUT2D eigenvalue weighted by Gasteiger charge is 2.44. The summed E-state index contributed by atoms with van der Waals surface area (Å²) >= 11 is 0. The van der Waals surface area contributed by atoms with Gasteiger partial charge in [0.15, 0.2) is 0 Å². The highest BCUT2D eigenvalue weighted by molar-refractivity contribution is 5.91. The second-order valence-corrected chi connectivity index (χ2v) is 8.70. The van der Waals surface area contributed by atoms with Crippen LogP contribution in [0.1, 0.15) is 19.3 Å². The summed E-state index contributed by atoms with van der Waals surface area (Å²) in [5.41, 5.74) is 0.771. The summed E-state index contributed by atoms with van der Waals surface area (Å²) in [7, 11) is 0. The van der Waals surface area contributed by atoms with Gasteiger partial charge in [0.25, 0.3) is 0 Å². The van der Waals surface area contributed by atoms with Gasteiger partial charge in [0, 0.05) is 30.8 Å². The molecule has 5 rings (SSSR count). The van der Waals surface area contributed by atoms with Gasteiger partial charge in [0.1, 0.15) is 5.82 Å². The Labute approximate surface area is 179 Å². The largest absolute Gasteiger partial charge is 0.324 e. The predicted molar refractivity (Wildman–Crippen MR) is 113 cm³/mol. The van der Waals surface area contributed by atoms with E-state index in [-0.39, 0.29) is 23.4 Å². The quantitative estimate of drug-likeness (QED) is 0.595. The number of aromatic nitrogens is 1. The fourth-order valence-electron chi connectivity index (χ4n) is 5.09. The summed E-state index contributed by atoms with van der Waals surface area (Å²) < 4.78 is 13.2. The van der Waals surface area contributed by atoms with Crippen LogP contribution in [0.3, 0.4) is 0 Å². The molecule has 2 saturated heterocycles. The molecule has 1 aliphatic carbocycles. The molecule has 3 fully saturated rings. The second-order valence-electron chi connectivity index (χ2n) is 8.70. The van der Waals surface area contributed by atoms with Crippen molar-refractivity contribution in [3.05, 3.63) is 52.3 Å². The maximum Gasteiger partial charge on any atom is 0.323 e. The minimum atomic E-state index is -0.562. The Hall–Kier alpha value is -3.07. The zero-order valence-corrected chi connectivity index (χ0v) is 17.0. The Balaban J connectivity index is 1.30. The van der Waals surface area contributed by atoms with Crippen LogP contribution in [0.4, 0.5) is 20.7 Å². The van der Waals surface area contributed by atoms with Gasteiger partial charge in [-0.05, 0) is 74.5 Å². The van der Waals surface area contributed by atoms with Crippen LogP contribution < -0.4 is 5.32 Å². The highest BCUT2D eigenvalue weighted by atomic mass is 19.1. The first-order valence-electron chi connectivity index (χ1n) is 10.7. The number of nitro groups is 1. The van der Waals surface area contributed by atoms with Gasteiger partial charge >= 0.3 is 11.7 Å². The number of hydrogen-bond acceptors (Lipinski definition) is 5. The first kappa shape index (κ1) is 19.9. The van der Waals surface area contributed by atoms with Gasteiger partial charge in [0.05, 0.1) is 10.6 Å². The van der Waals surface area contributed by atoms with E-state index in [0.29, 0.717) is 42.2 Å². The van der Waals surface area contributed by atoms with Gasteiger partial charge in [0.2, 0.25) is 5.82 Å².